The van der Waals surface area contributed by atoms with Gasteiger partial charge in [0.2, 0.25) is 17.8 Å². The number of amides is 2. The van der Waals surface area contributed by atoms with Crippen LogP contribution in [0.25, 0.3) is 11.3 Å². The molecule has 82 heavy (non-hydrogen) atoms. The molecule has 22 heteroatoms. The summed E-state index contributed by atoms with van der Waals surface area (Å²) in [6.07, 6.45) is 0.677. The number of ether oxygens (including phenoxy) is 3. The fourth-order valence-electron chi connectivity index (χ4n) is 10.8. The second-order valence-electron chi connectivity index (χ2n) is 24.2. The highest BCUT2D eigenvalue weighted by Gasteiger charge is 2.50. The Morgan fingerprint density at radius 1 is 0.829 bits per heavy atom. The number of fused-ring (bicyclic) bond motifs is 2. The van der Waals surface area contributed by atoms with E-state index in [9.17, 15) is 37.9 Å². The van der Waals surface area contributed by atoms with Crippen molar-refractivity contribution >= 4 is 35.5 Å². The number of anilines is 1. The van der Waals surface area contributed by atoms with Crippen LogP contribution in [0.3, 0.4) is 0 Å². The number of ketones is 1. The lowest BCUT2D eigenvalue weighted by atomic mass is 9.78. The summed E-state index contributed by atoms with van der Waals surface area (Å²) in [4.78, 5) is 82.1. The molecule has 18 nitrogen and oxygen atoms in total. The number of carbonyl (C=O) groups is 5. The Bertz CT molecular complexity index is 2910. The molecule has 2 unspecified atom stereocenters. The number of methoxy groups -OCH3 is 2. The van der Waals surface area contributed by atoms with Gasteiger partial charge in [-0.25, -0.2) is 32.5 Å². The normalized spacial score (nSPS) is 18.3. The largest absolute Gasteiger partial charge is 0.469 e. The van der Waals surface area contributed by atoms with E-state index in [4.69, 9.17) is 14.2 Å². The number of carbonyl (C=O) groups excluding carboxylic acids is 5. The van der Waals surface area contributed by atoms with Gasteiger partial charge < -0.3 is 29.5 Å². The number of aromatic nitrogens is 4. The topological polar surface area (TPSA) is 211 Å². The zero-order chi connectivity index (χ0) is 59.8. The highest BCUT2D eigenvalue weighted by Crippen LogP contribution is 2.37. The average Bonchev–Trinajstić information content (AvgIpc) is 1.81. The van der Waals surface area contributed by atoms with Crippen LogP contribution in [0.4, 0.5) is 23.5 Å². The number of hydrogen-bond acceptors (Lipinski definition) is 15. The van der Waals surface area contributed by atoms with E-state index < -0.39 is 114 Å². The molecule has 2 aromatic carbocycles. The van der Waals surface area contributed by atoms with Gasteiger partial charge in [-0.3, -0.25) is 39.0 Å². The molecule has 2 amide bonds. The van der Waals surface area contributed by atoms with Crippen molar-refractivity contribution in [3.05, 3.63) is 94.9 Å². The molecule has 0 spiro atoms. The van der Waals surface area contributed by atoms with Crippen molar-refractivity contribution in [2.24, 2.45) is 34.5 Å². The maximum Gasteiger partial charge on any atom is 0.306 e. The van der Waals surface area contributed by atoms with Crippen LogP contribution < -0.4 is 15.6 Å². The number of hydrazine groups is 1. The summed E-state index contributed by atoms with van der Waals surface area (Å²) in [6, 6.07) is 10.7. The third kappa shape index (κ3) is 16.3. The summed E-state index contributed by atoms with van der Waals surface area (Å²) >= 11 is 0. The molecule has 7 atom stereocenters. The van der Waals surface area contributed by atoms with Gasteiger partial charge in [-0.15, -0.1) is 0 Å². The molecule has 0 aliphatic carbocycles. The van der Waals surface area contributed by atoms with Gasteiger partial charge in [0.05, 0.1) is 81.6 Å². The van der Waals surface area contributed by atoms with Gasteiger partial charge >= 0.3 is 11.9 Å². The number of hydrogen-bond donors (Lipinski definition) is 3. The first-order valence-electron chi connectivity index (χ1n) is 27.7. The number of piperidine rings is 1. The van der Waals surface area contributed by atoms with E-state index >= 15 is 8.78 Å². The number of aliphatic hydroxyl groups excluding tert-OH is 1. The van der Waals surface area contributed by atoms with Gasteiger partial charge in [0.25, 0.3) is 6.43 Å². The molecular formula is C60H77F4N9O9. The lowest BCUT2D eigenvalue weighted by molar-refractivity contribution is -0.148. The number of benzene rings is 2. The predicted octanol–water partition coefficient (Wildman–Crippen LogP) is 6.55. The Labute approximate surface area is 477 Å². The molecule has 4 saturated heterocycles. The van der Waals surface area contributed by atoms with Crippen LogP contribution in [0, 0.1) is 58.0 Å². The lowest BCUT2D eigenvalue weighted by Crippen LogP contribution is -2.74. The van der Waals surface area contributed by atoms with Gasteiger partial charge in [-0.1, -0.05) is 79.4 Å². The van der Waals surface area contributed by atoms with Gasteiger partial charge in [0.15, 0.2) is 5.78 Å². The standard InChI is InChI=1S/C60H77F4N9O9/c1-35(2)44(24-53(76)80-9)56(78)67-55(60(6,7)8)50(74)22-40(19-37-14-11-36(12-15-37)13-16-38-26-65-58(66-27-38)70-28-41-23-42(29-70)73(41)43-33-82-34-43)51(75)31-72(69-57(79)46(59(3,4)5)25-54(77)81-10)30-45-47(61)20-39(21-48(45)62)49-17-18-71(68-49)32-52(63)64/h11-12,14-15,17-18,20-21,26-27,35,40-44,46,51-52,55,75H,19,22-25,28-34H2,1-10H3,(H,67,78)(H,69,79)/t40-,41?,42?,44+,46-,51+,55-/m1/s1. The Hall–Kier alpha value is -6.80. The molecule has 4 aliphatic heterocycles. The van der Waals surface area contributed by atoms with Crippen LogP contribution in [-0.2, 0) is 57.7 Å². The van der Waals surface area contributed by atoms with E-state index in [0.29, 0.717) is 40.8 Å². The van der Waals surface area contributed by atoms with Crippen molar-refractivity contribution in [3.63, 3.8) is 0 Å². The molecule has 0 saturated carbocycles. The fraction of sp³-hybridized carbons (Fsp3) is 0.567. The molecular weight excluding hydrogens is 1070 g/mol. The van der Waals surface area contributed by atoms with Gasteiger partial charge in [0, 0.05) is 80.0 Å². The predicted molar refractivity (Wildman–Crippen MR) is 296 cm³/mol. The van der Waals surface area contributed by atoms with Gasteiger partial charge in [-0.05, 0) is 71.4 Å². The SMILES string of the molecule is COC(=O)C[C@H](C(=O)N[C@H](C(=O)C[C@@H](Cc1ccc(C#Cc2cnc(N3CC4CC(C3)N4C3COC3)nc2)cc1)[C@@H](O)CN(Cc1c(F)cc(-c2ccn(CC(F)F)n2)cc1F)NC(=O)[C@@H](CC(=O)OC)C(C)(C)C)C(C)(C)C)C(C)C. The van der Waals surface area contributed by atoms with Gasteiger partial charge in [-0.2, -0.15) is 5.10 Å². The number of esters is 2. The summed E-state index contributed by atoms with van der Waals surface area (Å²) in [5, 5.41) is 20.5. The quantitative estimate of drug-likeness (QED) is 0.0294. The summed E-state index contributed by atoms with van der Waals surface area (Å²) in [5.41, 5.74) is 2.33. The number of Topliss-reactive ketones (excluding diaryl/α,β-unsaturated/α-hetero) is 1. The van der Waals surface area contributed by atoms with Crippen molar-refractivity contribution in [2.45, 2.75) is 137 Å². The number of halogens is 4. The first kappa shape index (κ1) is 62.8. The Morgan fingerprint density at radius 2 is 1.44 bits per heavy atom. The molecule has 444 valence electrons. The minimum atomic E-state index is -2.72. The zero-order valence-electron chi connectivity index (χ0n) is 48.4. The van der Waals surface area contributed by atoms with Crippen LogP contribution >= 0.6 is 0 Å². The van der Waals surface area contributed by atoms with Crippen LogP contribution in [-0.4, -0.2) is 148 Å². The van der Waals surface area contributed by atoms with E-state index in [1.54, 1.807) is 92.0 Å². The number of piperazine rings is 1. The smallest absolute Gasteiger partial charge is 0.306 e. The monoisotopic (exact) mass is 1140 g/mol. The third-order valence-electron chi connectivity index (χ3n) is 15.6. The molecule has 4 aliphatic rings. The molecule has 8 rings (SSSR count). The summed E-state index contributed by atoms with van der Waals surface area (Å²) in [7, 11) is 2.40. The first-order valence-corrected chi connectivity index (χ1v) is 27.7. The Balaban J connectivity index is 1.16. The summed E-state index contributed by atoms with van der Waals surface area (Å²) in [5.74, 6) is -1.42. The van der Waals surface area contributed by atoms with E-state index in [2.05, 4.69) is 47.4 Å². The summed E-state index contributed by atoms with van der Waals surface area (Å²) in [6.45, 7) is 15.4. The van der Waals surface area contributed by atoms with E-state index in [1.807, 2.05) is 0 Å². The van der Waals surface area contributed by atoms with E-state index in [1.165, 1.54) is 26.5 Å². The van der Waals surface area contributed by atoms with Crippen LogP contribution in [0.5, 0.6) is 0 Å². The van der Waals surface area contributed by atoms with Crippen molar-refractivity contribution in [2.75, 3.05) is 52.0 Å². The van der Waals surface area contributed by atoms with E-state index in [0.717, 1.165) is 54.5 Å². The number of nitrogens with zero attached hydrogens (tertiary/aromatic N) is 7. The average molecular weight is 1140 g/mol. The third-order valence-corrected chi connectivity index (χ3v) is 15.6. The maximum atomic E-state index is 16.3. The number of aliphatic hydroxyl groups is 1. The first-order chi connectivity index (χ1) is 38.7. The summed E-state index contributed by atoms with van der Waals surface area (Å²) < 4.78 is 74.9. The van der Waals surface area contributed by atoms with Crippen molar-refractivity contribution in [1.29, 1.82) is 0 Å². The molecule has 0 radical (unpaired) electrons. The minimum absolute atomic E-state index is 0.0259. The molecule has 3 N–H and O–H groups in total. The van der Waals surface area contributed by atoms with Crippen LogP contribution in [0.15, 0.2) is 61.1 Å². The van der Waals surface area contributed by atoms with E-state index in [-0.39, 0.29) is 42.9 Å². The molecule has 4 aromatic rings. The molecule has 2 bridgehead atoms. The molecule has 6 heterocycles. The van der Waals surface area contributed by atoms with Crippen LogP contribution in [0.2, 0.25) is 0 Å². The van der Waals surface area contributed by atoms with Crippen molar-refractivity contribution < 1.29 is 60.9 Å². The van der Waals surface area contributed by atoms with Crippen molar-refractivity contribution in [1.82, 2.24) is 40.4 Å². The highest BCUT2D eigenvalue weighted by atomic mass is 19.3. The second kappa shape index (κ2) is 27.1. The number of rotatable bonds is 24. The molecule has 2 aromatic heterocycles. The highest BCUT2D eigenvalue weighted by molar-refractivity contribution is 5.92. The molecule has 4 fully saturated rings. The number of nitrogens with one attached hydrogen (secondary N) is 2. The maximum absolute atomic E-state index is 16.3. The van der Waals surface area contributed by atoms with Crippen LogP contribution in [0.1, 0.15) is 103 Å². The fourth-order valence-corrected chi connectivity index (χ4v) is 10.8. The lowest BCUT2D eigenvalue weighted by Gasteiger charge is -2.60. The zero-order valence-corrected chi connectivity index (χ0v) is 48.4. The Morgan fingerprint density at radius 3 is 1.99 bits per heavy atom. The number of alkyl halides is 2. The van der Waals surface area contributed by atoms with Crippen molar-refractivity contribution in [3.8, 4) is 23.1 Å². The van der Waals surface area contributed by atoms with Gasteiger partial charge in [0.1, 0.15) is 18.2 Å². The second-order valence-corrected chi connectivity index (χ2v) is 24.2. The Kier molecular flexibility index (Phi) is 20.7. The minimum Gasteiger partial charge on any atom is -0.469 e.